The van der Waals surface area contributed by atoms with Crippen LogP contribution < -0.4 is 14.4 Å². The van der Waals surface area contributed by atoms with Crippen molar-refractivity contribution in [1.29, 1.82) is 0 Å². The number of rotatable bonds is 14. The van der Waals surface area contributed by atoms with E-state index in [2.05, 4.69) is 39.8 Å². The Morgan fingerprint density at radius 2 is 1.12 bits per heavy atom. The first-order valence-corrected chi connectivity index (χ1v) is 20.4. The third-order valence-corrected chi connectivity index (χ3v) is 9.49. The lowest BCUT2D eigenvalue weighted by molar-refractivity contribution is -0.942. The summed E-state index contributed by atoms with van der Waals surface area (Å²) >= 11 is 0. The Balaban J connectivity index is 0.00000443. The molecule has 1 atom stereocenters. The van der Waals surface area contributed by atoms with Gasteiger partial charge in [0.2, 0.25) is 0 Å². The minimum Gasteiger partial charge on any atom is -0.457 e. The number of hydrogen-bond acceptors (Lipinski definition) is 8. The fraction of sp³-hybridized carbons (Fsp3) is 0.429. The lowest BCUT2D eigenvalue weighted by atomic mass is 9.85. The molecule has 0 radical (unpaired) electrons. The molecule has 0 spiro atoms. The molecule has 0 heterocycles. The molecule has 312 valence electrons. The summed E-state index contributed by atoms with van der Waals surface area (Å²) in [6.07, 6.45) is 7.03. The average Bonchev–Trinajstić information content (AvgIpc) is 3.37. The minimum absolute atomic E-state index is 0.0101. The molecule has 9 heteroatoms. The molecule has 58 heavy (non-hydrogen) atoms. The number of benzene rings is 3. The van der Waals surface area contributed by atoms with Gasteiger partial charge in [-0.1, -0.05) is 50.3 Å². The Bertz CT molecular complexity index is 1920. The van der Waals surface area contributed by atoms with Crippen LogP contribution in [0.4, 0.5) is 0 Å². The third kappa shape index (κ3) is 14.0. The van der Waals surface area contributed by atoms with Crippen LogP contribution in [-0.4, -0.2) is 49.1 Å². The lowest BCUT2D eigenvalue weighted by Crippen LogP contribution is -3.17. The van der Waals surface area contributed by atoms with Crippen LogP contribution in [0.25, 0.3) is 0 Å². The monoisotopic (exact) mass is 794 g/mol. The number of allylic oxidation sites excluding steroid dienone is 3. The zero-order valence-corrected chi connectivity index (χ0v) is 36.6. The summed E-state index contributed by atoms with van der Waals surface area (Å²) in [6, 6.07) is 23.6. The van der Waals surface area contributed by atoms with Crippen molar-refractivity contribution in [2.75, 3.05) is 13.2 Å². The van der Waals surface area contributed by atoms with Crippen LogP contribution in [0.2, 0.25) is 0 Å². The summed E-state index contributed by atoms with van der Waals surface area (Å²) in [5.74, 6) is -0.861. The van der Waals surface area contributed by atoms with Crippen LogP contribution in [0.1, 0.15) is 128 Å². The largest absolute Gasteiger partial charge is 0.457 e. The number of carbonyl (C=O) groups excluding carboxylic acids is 4. The second kappa shape index (κ2) is 21.5. The summed E-state index contributed by atoms with van der Waals surface area (Å²) < 4.78 is 23.0. The van der Waals surface area contributed by atoms with E-state index >= 15 is 0 Å². The van der Waals surface area contributed by atoms with Gasteiger partial charge in [-0.3, -0.25) is 9.59 Å². The van der Waals surface area contributed by atoms with Crippen LogP contribution in [0.3, 0.4) is 0 Å². The first-order valence-electron chi connectivity index (χ1n) is 20.4. The summed E-state index contributed by atoms with van der Waals surface area (Å²) in [5, 5.41) is 0. The molecule has 4 rings (SSSR count). The van der Waals surface area contributed by atoms with E-state index in [1.807, 2.05) is 50.3 Å². The Labute approximate surface area is 346 Å². The Kier molecular flexibility index (Phi) is 17.4. The van der Waals surface area contributed by atoms with Gasteiger partial charge in [-0.25, -0.2) is 9.59 Å². The smallest absolute Gasteiger partial charge is 0.343 e. The van der Waals surface area contributed by atoms with Crippen LogP contribution >= 0.6 is 0 Å². The molecule has 0 saturated heterocycles. The maximum absolute atomic E-state index is 13.7. The second-order valence-corrected chi connectivity index (χ2v) is 16.9. The van der Waals surface area contributed by atoms with Crippen LogP contribution in [0.15, 0.2) is 114 Å². The Morgan fingerprint density at radius 1 is 0.638 bits per heavy atom. The van der Waals surface area contributed by atoms with E-state index in [4.69, 9.17) is 18.9 Å². The minimum atomic E-state index is -0.675. The highest BCUT2D eigenvalue weighted by Gasteiger charge is 2.29. The third-order valence-electron chi connectivity index (χ3n) is 9.49. The van der Waals surface area contributed by atoms with Gasteiger partial charge in [0.05, 0.1) is 40.6 Å². The summed E-state index contributed by atoms with van der Waals surface area (Å²) in [5.41, 5.74) is 1.91. The molecular weight excluding hydrogens is 731 g/mol. The van der Waals surface area contributed by atoms with Crippen molar-refractivity contribution in [3.8, 4) is 11.5 Å². The van der Waals surface area contributed by atoms with Crippen molar-refractivity contribution >= 4 is 23.9 Å². The number of esters is 4. The number of quaternary nitrogens is 1. The average molecular weight is 795 g/mol. The molecule has 1 aliphatic carbocycles. The quantitative estimate of drug-likeness (QED) is 0.127. The van der Waals surface area contributed by atoms with Gasteiger partial charge in [-0.15, -0.1) is 0 Å². The normalized spacial score (nSPS) is 13.6. The van der Waals surface area contributed by atoms with Gasteiger partial charge in [-0.05, 0) is 147 Å². The fourth-order valence-corrected chi connectivity index (χ4v) is 6.21. The van der Waals surface area contributed by atoms with Gasteiger partial charge < -0.3 is 23.8 Å². The Morgan fingerprint density at radius 3 is 1.59 bits per heavy atom. The maximum Gasteiger partial charge on any atom is 0.343 e. The van der Waals surface area contributed by atoms with E-state index in [1.165, 1.54) is 4.90 Å². The standard InChI is InChI=1S/C47H57NO8.C2H6/c1-31(2)48(32(3)4)28-27-39(34-16-12-11-13-17-34)40-29-33(30-53-42(49)35-19-23-37(24-20-35)54-44(51)46(5,6)7)15-14-18-41(40)56-43(50)36-21-25-38(26-22-36)55-45(52)47(8,9)10;1-2/h11-13,15-26,29,31-32,39H,14,27-28,30H2,1-10H3;1-2H3/p+1/t39-;/m1./s1. The molecule has 0 bridgehead atoms. The molecule has 1 aliphatic rings. The maximum atomic E-state index is 13.7. The zero-order chi connectivity index (χ0) is 43.2. The van der Waals surface area contributed by atoms with E-state index in [0.717, 1.165) is 29.7 Å². The lowest BCUT2D eigenvalue weighted by Gasteiger charge is -2.30. The first kappa shape index (κ1) is 47.1. The zero-order valence-electron chi connectivity index (χ0n) is 36.6. The van der Waals surface area contributed by atoms with Crippen LogP contribution in [0.5, 0.6) is 11.5 Å². The van der Waals surface area contributed by atoms with Crippen molar-refractivity contribution in [3.05, 3.63) is 131 Å². The molecule has 9 nitrogen and oxygen atoms in total. The van der Waals surface area contributed by atoms with E-state index in [0.29, 0.717) is 46.9 Å². The number of ether oxygens (including phenoxy) is 4. The summed E-state index contributed by atoms with van der Waals surface area (Å²) in [6.45, 7) is 24.4. The van der Waals surface area contributed by atoms with E-state index < -0.39 is 22.8 Å². The van der Waals surface area contributed by atoms with E-state index in [1.54, 1.807) is 90.1 Å². The highest BCUT2D eigenvalue weighted by atomic mass is 16.5. The second-order valence-electron chi connectivity index (χ2n) is 16.9. The molecule has 0 saturated carbocycles. The highest BCUT2D eigenvalue weighted by molar-refractivity contribution is 5.91. The van der Waals surface area contributed by atoms with Gasteiger partial charge in [-0.2, -0.15) is 0 Å². The molecule has 3 aromatic carbocycles. The van der Waals surface area contributed by atoms with Crippen LogP contribution in [0, 0.1) is 10.8 Å². The van der Waals surface area contributed by atoms with E-state index in [9.17, 15) is 19.2 Å². The Hall–Kier alpha value is -5.28. The van der Waals surface area contributed by atoms with Gasteiger partial charge in [0, 0.05) is 17.9 Å². The van der Waals surface area contributed by atoms with Crippen molar-refractivity contribution in [3.63, 3.8) is 0 Å². The van der Waals surface area contributed by atoms with Gasteiger partial charge in [0.25, 0.3) is 0 Å². The van der Waals surface area contributed by atoms with Crippen LogP contribution in [-0.2, 0) is 19.1 Å². The number of hydrogen-bond donors (Lipinski definition) is 1. The topological polar surface area (TPSA) is 110 Å². The van der Waals surface area contributed by atoms with Crippen molar-refractivity contribution in [2.24, 2.45) is 10.8 Å². The fourth-order valence-electron chi connectivity index (χ4n) is 6.21. The van der Waals surface area contributed by atoms with Crippen molar-refractivity contribution in [2.45, 2.75) is 114 Å². The molecule has 0 aliphatic heterocycles. The highest BCUT2D eigenvalue weighted by Crippen LogP contribution is 2.36. The van der Waals surface area contributed by atoms with Gasteiger partial charge in [0.1, 0.15) is 23.9 Å². The molecule has 0 fully saturated rings. The number of carbonyl (C=O) groups is 4. The summed E-state index contributed by atoms with van der Waals surface area (Å²) in [7, 11) is 0. The van der Waals surface area contributed by atoms with Gasteiger partial charge >= 0.3 is 23.9 Å². The summed E-state index contributed by atoms with van der Waals surface area (Å²) in [4.78, 5) is 53.1. The molecule has 0 amide bonds. The molecule has 1 N–H and O–H groups in total. The predicted molar refractivity (Wildman–Crippen MR) is 229 cm³/mol. The predicted octanol–water partition coefficient (Wildman–Crippen LogP) is 9.65. The number of nitrogens with one attached hydrogen (secondary N) is 1. The van der Waals surface area contributed by atoms with Gasteiger partial charge in [0.15, 0.2) is 0 Å². The molecular formula is C49H64NO8+. The van der Waals surface area contributed by atoms with E-state index in [-0.39, 0.29) is 24.5 Å². The molecule has 0 aromatic heterocycles. The molecule has 0 unspecified atom stereocenters. The molecule has 3 aromatic rings. The van der Waals surface area contributed by atoms with Crippen molar-refractivity contribution in [1.82, 2.24) is 0 Å². The first-order chi connectivity index (χ1) is 27.3. The van der Waals surface area contributed by atoms with Crippen molar-refractivity contribution < 1.29 is 43.0 Å². The SMILES string of the molecule is CC.CC(C)[NH+](CC[C@@H](C1=CC(COC(=O)c2ccc(OC(=O)C(C)(C)C)cc2)=CCC=C1OC(=O)c1ccc(OC(=O)C(C)(C)C)cc1)c1ccccc1)C(C)C.